The van der Waals surface area contributed by atoms with E-state index in [1.165, 1.54) is 19.3 Å². The first-order valence-electron chi connectivity index (χ1n) is 13.5. The molecule has 1 unspecified atom stereocenters. The number of carbonyl (C=O) groups is 2. The molecule has 192 valence electrons. The van der Waals surface area contributed by atoms with Crippen LogP contribution in [0.4, 0.5) is 0 Å². The number of fused-ring (bicyclic) bond motifs is 3. The summed E-state index contributed by atoms with van der Waals surface area (Å²) < 4.78 is 9.69. The van der Waals surface area contributed by atoms with Crippen LogP contribution in [0.25, 0.3) is 16.6 Å². The molecule has 4 aromatic rings. The van der Waals surface area contributed by atoms with Crippen molar-refractivity contribution in [2.24, 2.45) is 0 Å². The van der Waals surface area contributed by atoms with E-state index < -0.39 is 5.54 Å². The summed E-state index contributed by atoms with van der Waals surface area (Å²) in [5.41, 5.74) is 1.32. The summed E-state index contributed by atoms with van der Waals surface area (Å²) >= 11 is 0. The van der Waals surface area contributed by atoms with Crippen LogP contribution in [0.15, 0.2) is 71.6 Å². The second kappa shape index (κ2) is 9.61. The molecule has 0 bridgehead atoms. The van der Waals surface area contributed by atoms with Crippen LogP contribution in [-0.2, 0) is 17.9 Å². The van der Waals surface area contributed by atoms with Crippen molar-refractivity contribution in [3.05, 3.63) is 78.6 Å². The fourth-order valence-corrected chi connectivity index (χ4v) is 6.10. The smallest absolute Gasteiger partial charge is 0.274 e. The zero-order chi connectivity index (χ0) is 25.4. The van der Waals surface area contributed by atoms with Gasteiger partial charge in [-0.3, -0.25) is 9.59 Å². The summed E-state index contributed by atoms with van der Waals surface area (Å²) in [6.45, 7) is 2.50. The Hall–Kier alpha value is -3.74. The number of benzene rings is 1. The van der Waals surface area contributed by atoms with Crippen molar-refractivity contribution in [1.82, 2.24) is 19.4 Å². The minimum atomic E-state index is -1.07. The number of nitrogens with zero attached hydrogens (tertiary/aromatic N) is 3. The van der Waals surface area contributed by atoms with Gasteiger partial charge in [-0.15, -0.1) is 0 Å². The van der Waals surface area contributed by atoms with Gasteiger partial charge >= 0.3 is 0 Å². The molecule has 2 aliphatic rings. The van der Waals surface area contributed by atoms with Crippen LogP contribution >= 0.6 is 0 Å². The molecule has 2 amide bonds. The van der Waals surface area contributed by atoms with Crippen molar-refractivity contribution in [3.63, 3.8) is 0 Å². The summed E-state index contributed by atoms with van der Waals surface area (Å²) in [5.74, 6) is 0.396. The van der Waals surface area contributed by atoms with E-state index in [2.05, 4.69) is 5.32 Å². The molecule has 37 heavy (non-hydrogen) atoms. The molecular formula is C30H34N4O3. The van der Waals surface area contributed by atoms with Crippen LogP contribution < -0.4 is 5.32 Å². The zero-order valence-electron chi connectivity index (χ0n) is 21.4. The van der Waals surface area contributed by atoms with Crippen molar-refractivity contribution in [2.45, 2.75) is 76.5 Å². The van der Waals surface area contributed by atoms with Gasteiger partial charge in [0.05, 0.1) is 30.6 Å². The van der Waals surface area contributed by atoms with E-state index in [1.54, 1.807) is 11.2 Å². The maximum Gasteiger partial charge on any atom is 0.274 e. The summed E-state index contributed by atoms with van der Waals surface area (Å²) in [4.78, 5) is 30.2. The molecule has 6 rings (SSSR count). The standard InChI is InChI=1S/C30H34N4O3/c1-30(29(36)31-22-12-5-3-2-4-6-13-22)21-33-25-16-8-7-15-24(25)26(32-17-9-10-18-32)27(33)28(35)34(30)20-23-14-11-19-37-23/h7-11,14-19,22H,2-6,12-13,20-21H2,1H3,(H,31,36). The average Bonchev–Trinajstić information content (AvgIpc) is 3.64. The van der Waals surface area contributed by atoms with Gasteiger partial charge in [0, 0.05) is 23.8 Å². The molecular weight excluding hydrogens is 464 g/mol. The molecule has 0 spiro atoms. The molecule has 1 aliphatic heterocycles. The predicted molar refractivity (Wildman–Crippen MR) is 143 cm³/mol. The molecule has 1 aliphatic carbocycles. The Kier molecular flexibility index (Phi) is 6.14. The lowest BCUT2D eigenvalue weighted by Gasteiger charge is -2.44. The monoisotopic (exact) mass is 498 g/mol. The molecule has 1 atom stereocenters. The highest BCUT2D eigenvalue weighted by molar-refractivity contribution is 6.08. The van der Waals surface area contributed by atoms with E-state index in [9.17, 15) is 9.59 Å². The minimum absolute atomic E-state index is 0.0936. The van der Waals surface area contributed by atoms with Crippen molar-refractivity contribution in [1.29, 1.82) is 0 Å². The van der Waals surface area contributed by atoms with Crippen molar-refractivity contribution in [2.75, 3.05) is 0 Å². The van der Waals surface area contributed by atoms with Gasteiger partial charge in [0.15, 0.2) is 0 Å². The van der Waals surface area contributed by atoms with E-state index in [1.807, 2.05) is 77.0 Å². The number of hydrogen-bond acceptors (Lipinski definition) is 3. The lowest BCUT2D eigenvalue weighted by Crippen LogP contribution is -2.64. The molecule has 1 fully saturated rings. The second-order valence-electron chi connectivity index (χ2n) is 10.7. The first-order chi connectivity index (χ1) is 18.1. The number of carbonyl (C=O) groups excluding carboxylic acids is 2. The van der Waals surface area contributed by atoms with Crippen LogP contribution in [0.5, 0.6) is 0 Å². The highest BCUT2D eigenvalue weighted by Crippen LogP contribution is 2.38. The second-order valence-corrected chi connectivity index (χ2v) is 10.7. The van der Waals surface area contributed by atoms with E-state index in [4.69, 9.17) is 4.42 Å². The Morgan fingerprint density at radius 1 is 1.00 bits per heavy atom. The third-order valence-electron chi connectivity index (χ3n) is 8.14. The number of furan rings is 1. The zero-order valence-corrected chi connectivity index (χ0v) is 21.4. The van der Waals surface area contributed by atoms with E-state index in [0.717, 1.165) is 42.3 Å². The molecule has 0 radical (unpaired) electrons. The van der Waals surface area contributed by atoms with Crippen LogP contribution in [0.3, 0.4) is 0 Å². The average molecular weight is 499 g/mol. The fraction of sp³-hybridized carbons (Fsp3) is 0.400. The quantitative estimate of drug-likeness (QED) is 0.385. The highest BCUT2D eigenvalue weighted by atomic mass is 16.3. The van der Waals surface area contributed by atoms with Gasteiger partial charge in [-0.1, -0.05) is 50.3 Å². The summed E-state index contributed by atoms with van der Waals surface area (Å²) in [7, 11) is 0. The van der Waals surface area contributed by atoms with Gasteiger partial charge in [-0.2, -0.15) is 0 Å². The first-order valence-corrected chi connectivity index (χ1v) is 13.5. The van der Waals surface area contributed by atoms with Crippen molar-refractivity contribution < 1.29 is 14.0 Å². The molecule has 7 heteroatoms. The van der Waals surface area contributed by atoms with Gasteiger partial charge in [-0.25, -0.2) is 0 Å². The lowest BCUT2D eigenvalue weighted by atomic mass is 9.92. The van der Waals surface area contributed by atoms with Crippen molar-refractivity contribution in [3.8, 4) is 5.69 Å². The Morgan fingerprint density at radius 3 is 2.46 bits per heavy atom. The molecule has 1 N–H and O–H groups in total. The highest BCUT2D eigenvalue weighted by Gasteiger charge is 2.49. The topological polar surface area (TPSA) is 72.4 Å². The van der Waals surface area contributed by atoms with Gasteiger partial charge in [0.1, 0.15) is 17.0 Å². The maximum atomic E-state index is 14.4. The Morgan fingerprint density at radius 2 is 1.73 bits per heavy atom. The van der Waals surface area contributed by atoms with Crippen molar-refractivity contribution >= 4 is 22.7 Å². The van der Waals surface area contributed by atoms with Crippen LogP contribution in [0.2, 0.25) is 0 Å². The molecule has 7 nitrogen and oxygen atoms in total. The maximum absolute atomic E-state index is 14.4. The van der Waals surface area contributed by atoms with Gasteiger partial charge in [0.25, 0.3) is 5.91 Å². The Bertz CT molecular complexity index is 1390. The lowest BCUT2D eigenvalue weighted by molar-refractivity contribution is -0.134. The fourth-order valence-electron chi connectivity index (χ4n) is 6.10. The number of amides is 2. The van der Waals surface area contributed by atoms with Crippen LogP contribution in [0.1, 0.15) is 68.1 Å². The Balaban J connectivity index is 1.45. The normalized spacial score (nSPS) is 21.0. The Labute approximate surface area is 217 Å². The number of rotatable bonds is 5. The minimum Gasteiger partial charge on any atom is -0.467 e. The summed E-state index contributed by atoms with van der Waals surface area (Å²) in [6.07, 6.45) is 13.5. The molecule has 1 saturated carbocycles. The molecule has 4 heterocycles. The molecule has 1 aromatic carbocycles. The van der Waals surface area contributed by atoms with Crippen LogP contribution in [-0.4, -0.2) is 37.4 Å². The number of hydrogen-bond donors (Lipinski definition) is 1. The number of aromatic nitrogens is 2. The van der Waals surface area contributed by atoms with Gasteiger partial charge < -0.3 is 23.8 Å². The van der Waals surface area contributed by atoms with Gasteiger partial charge in [0.2, 0.25) is 5.91 Å². The van der Waals surface area contributed by atoms with E-state index >= 15 is 0 Å². The van der Waals surface area contributed by atoms with Gasteiger partial charge in [-0.05, 0) is 50.1 Å². The number of nitrogens with one attached hydrogen (secondary N) is 1. The van der Waals surface area contributed by atoms with E-state index in [0.29, 0.717) is 18.0 Å². The SMILES string of the molecule is CC1(C(=O)NC2CCCCCCC2)Cn2c(c(-n3cccc3)c3ccccc32)C(=O)N1Cc1ccco1. The molecule has 0 saturated heterocycles. The van der Waals surface area contributed by atoms with Crippen LogP contribution in [0, 0.1) is 0 Å². The third kappa shape index (κ3) is 4.16. The van der Waals surface area contributed by atoms with E-state index in [-0.39, 0.29) is 24.4 Å². The number of para-hydroxylation sites is 1. The summed E-state index contributed by atoms with van der Waals surface area (Å²) in [6, 6.07) is 15.8. The first kappa shape index (κ1) is 23.6. The third-order valence-corrected chi connectivity index (χ3v) is 8.14. The largest absolute Gasteiger partial charge is 0.467 e. The molecule has 3 aromatic heterocycles. The summed E-state index contributed by atoms with van der Waals surface area (Å²) in [5, 5.41) is 4.35. The predicted octanol–water partition coefficient (Wildman–Crippen LogP) is 5.67.